The van der Waals surface area contributed by atoms with Gasteiger partial charge in [-0.15, -0.1) is 0 Å². The summed E-state index contributed by atoms with van der Waals surface area (Å²) < 4.78 is 4.00. The molecule has 7 nitrogen and oxygen atoms in total. The van der Waals surface area contributed by atoms with Crippen LogP contribution in [0.3, 0.4) is 0 Å². The quantitative estimate of drug-likeness (QED) is 0.529. The molecular weight excluding hydrogens is 356 g/mol. The number of carboxylic acid groups (broad SMARTS) is 1. The Balaban J connectivity index is 1.87. The number of imidazole rings is 1. The standard InChI is InChI=1S/C21H20N4O3/c22-20(26)7-9-25-18-5-3-15(24-10-8-23-13-24)12-17(18)16-4-1-14(11-19(16)25)2-6-21(27)28/h1,3-5,8,10-13H,2,6-7,9H2,(H2,22,26)(H,27,28)/p-1. The summed E-state index contributed by atoms with van der Waals surface area (Å²) >= 11 is 0. The van der Waals surface area contributed by atoms with Gasteiger partial charge in [-0.2, -0.15) is 0 Å². The number of aliphatic carboxylic acids is 1. The Morgan fingerprint density at radius 1 is 1.04 bits per heavy atom. The lowest BCUT2D eigenvalue weighted by Crippen LogP contribution is -2.22. The Bertz CT molecular complexity index is 1180. The number of hydrogen-bond acceptors (Lipinski definition) is 4. The normalized spacial score (nSPS) is 11.3. The van der Waals surface area contributed by atoms with E-state index in [0.29, 0.717) is 13.0 Å². The zero-order valence-corrected chi connectivity index (χ0v) is 15.2. The maximum absolute atomic E-state index is 11.3. The number of carbonyl (C=O) groups is 2. The summed E-state index contributed by atoms with van der Waals surface area (Å²) in [4.78, 5) is 26.2. The first-order chi connectivity index (χ1) is 13.5. The van der Waals surface area contributed by atoms with Crippen LogP contribution in [0.4, 0.5) is 0 Å². The second-order valence-electron chi connectivity index (χ2n) is 6.76. The third-order valence-electron chi connectivity index (χ3n) is 4.92. The molecule has 0 fully saturated rings. The van der Waals surface area contributed by atoms with Crippen LogP contribution in [0.1, 0.15) is 18.4 Å². The highest BCUT2D eigenvalue weighted by molar-refractivity contribution is 6.09. The van der Waals surface area contributed by atoms with Crippen molar-refractivity contribution in [3.8, 4) is 5.69 Å². The predicted molar refractivity (Wildman–Crippen MR) is 104 cm³/mol. The van der Waals surface area contributed by atoms with Gasteiger partial charge in [-0.05, 0) is 42.7 Å². The number of aryl methyl sites for hydroxylation is 2. The van der Waals surface area contributed by atoms with Gasteiger partial charge < -0.3 is 24.8 Å². The van der Waals surface area contributed by atoms with Crippen LogP contribution >= 0.6 is 0 Å². The molecule has 0 saturated carbocycles. The smallest absolute Gasteiger partial charge is 0.219 e. The molecule has 0 radical (unpaired) electrons. The minimum absolute atomic E-state index is 0.0300. The monoisotopic (exact) mass is 375 g/mol. The number of carboxylic acids is 1. The zero-order valence-electron chi connectivity index (χ0n) is 15.2. The van der Waals surface area contributed by atoms with Crippen molar-refractivity contribution in [2.45, 2.75) is 25.8 Å². The van der Waals surface area contributed by atoms with E-state index in [2.05, 4.69) is 15.6 Å². The van der Waals surface area contributed by atoms with Gasteiger partial charge in [0.1, 0.15) is 0 Å². The molecule has 0 aliphatic rings. The molecule has 28 heavy (non-hydrogen) atoms. The van der Waals surface area contributed by atoms with Crippen LogP contribution in [-0.4, -0.2) is 26.0 Å². The average Bonchev–Trinajstić information content (AvgIpc) is 3.30. The van der Waals surface area contributed by atoms with Gasteiger partial charge in [0, 0.05) is 58.8 Å². The minimum Gasteiger partial charge on any atom is -0.550 e. The van der Waals surface area contributed by atoms with Crippen molar-refractivity contribution in [1.82, 2.24) is 14.1 Å². The number of nitrogens with two attached hydrogens (primary N) is 1. The lowest BCUT2D eigenvalue weighted by atomic mass is 10.1. The molecule has 2 N–H and O–H groups in total. The fourth-order valence-corrected chi connectivity index (χ4v) is 3.57. The highest BCUT2D eigenvalue weighted by Gasteiger charge is 2.13. The maximum Gasteiger partial charge on any atom is 0.219 e. The van der Waals surface area contributed by atoms with Crippen molar-refractivity contribution in [1.29, 1.82) is 0 Å². The Morgan fingerprint density at radius 3 is 2.61 bits per heavy atom. The summed E-state index contributed by atoms with van der Waals surface area (Å²) in [7, 11) is 0. The lowest BCUT2D eigenvalue weighted by Gasteiger charge is -2.08. The van der Waals surface area contributed by atoms with Crippen LogP contribution in [-0.2, 0) is 22.6 Å². The van der Waals surface area contributed by atoms with Gasteiger partial charge in [0.25, 0.3) is 0 Å². The fraction of sp³-hybridized carbons (Fsp3) is 0.190. The van der Waals surface area contributed by atoms with Gasteiger partial charge in [-0.3, -0.25) is 4.79 Å². The Labute approximate surface area is 161 Å². The van der Waals surface area contributed by atoms with E-state index in [9.17, 15) is 14.7 Å². The van der Waals surface area contributed by atoms with Crippen molar-refractivity contribution in [3.05, 3.63) is 60.7 Å². The number of amides is 1. The number of rotatable bonds is 7. The van der Waals surface area contributed by atoms with E-state index in [1.165, 1.54) is 0 Å². The number of nitrogens with zero attached hydrogens (tertiary/aromatic N) is 3. The molecule has 0 atom stereocenters. The molecule has 142 valence electrons. The summed E-state index contributed by atoms with van der Waals surface area (Å²) in [5.41, 5.74) is 9.21. The largest absolute Gasteiger partial charge is 0.550 e. The van der Waals surface area contributed by atoms with Crippen LogP contribution < -0.4 is 10.8 Å². The van der Waals surface area contributed by atoms with E-state index in [0.717, 1.165) is 33.1 Å². The molecule has 0 aliphatic carbocycles. The van der Waals surface area contributed by atoms with E-state index in [1.54, 1.807) is 12.5 Å². The van der Waals surface area contributed by atoms with Gasteiger partial charge in [0.05, 0.1) is 6.33 Å². The lowest BCUT2D eigenvalue weighted by molar-refractivity contribution is -0.305. The second kappa shape index (κ2) is 7.19. The Hall–Kier alpha value is -3.61. The number of fused-ring (bicyclic) bond motifs is 3. The van der Waals surface area contributed by atoms with Crippen LogP contribution in [0.2, 0.25) is 0 Å². The first-order valence-electron chi connectivity index (χ1n) is 9.04. The van der Waals surface area contributed by atoms with Crippen LogP contribution in [0.5, 0.6) is 0 Å². The van der Waals surface area contributed by atoms with Crippen molar-refractivity contribution >= 4 is 33.7 Å². The molecule has 2 aromatic heterocycles. The third-order valence-corrected chi connectivity index (χ3v) is 4.92. The van der Waals surface area contributed by atoms with E-state index >= 15 is 0 Å². The third kappa shape index (κ3) is 3.34. The molecule has 0 spiro atoms. The highest BCUT2D eigenvalue weighted by atomic mass is 16.4. The summed E-state index contributed by atoms with van der Waals surface area (Å²) in [6.07, 6.45) is 5.94. The maximum atomic E-state index is 11.3. The number of aromatic nitrogens is 3. The van der Waals surface area contributed by atoms with Gasteiger partial charge in [0.15, 0.2) is 0 Å². The van der Waals surface area contributed by atoms with E-state index in [4.69, 9.17) is 5.73 Å². The highest BCUT2D eigenvalue weighted by Crippen LogP contribution is 2.32. The molecule has 2 aromatic carbocycles. The van der Waals surface area contributed by atoms with Crippen LogP contribution in [0, 0.1) is 0 Å². The molecule has 7 heteroatoms. The number of primary amides is 1. The van der Waals surface area contributed by atoms with E-state index in [1.807, 2.05) is 41.1 Å². The Kier molecular flexibility index (Phi) is 4.57. The molecule has 4 rings (SSSR count). The van der Waals surface area contributed by atoms with Gasteiger partial charge in [-0.1, -0.05) is 12.1 Å². The zero-order chi connectivity index (χ0) is 19.7. The van der Waals surface area contributed by atoms with Gasteiger partial charge in [-0.25, -0.2) is 4.98 Å². The molecular formula is C21H19N4O3-. The summed E-state index contributed by atoms with van der Waals surface area (Å²) in [6.45, 7) is 0.462. The first-order valence-corrected chi connectivity index (χ1v) is 9.04. The van der Waals surface area contributed by atoms with Gasteiger partial charge >= 0.3 is 0 Å². The molecule has 0 unspecified atom stereocenters. The van der Waals surface area contributed by atoms with E-state index in [-0.39, 0.29) is 18.7 Å². The first kappa shape index (κ1) is 17.8. The number of hydrogen-bond donors (Lipinski definition) is 1. The summed E-state index contributed by atoms with van der Waals surface area (Å²) in [6, 6.07) is 12.0. The van der Waals surface area contributed by atoms with Crippen molar-refractivity contribution in [3.63, 3.8) is 0 Å². The van der Waals surface area contributed by atoms with E-state index < -0.39 is 5.97 Å². The SMILES string of the molecule is NC(=O)CCn1c2ccc(-n3ccnc3)cc2c2ccc(CCC(=O)[O-])cc21. The number of carbonyl (C=O) groups excluding carboxylic acids is 2. The number of benzene rings is 2. The molecule has 0 saturated heterocycles. The van der Waals surface area contributed by atoms with Crippen molar-refractivity contribution < 1.29 is 14.7 Å². The fourth-order valence-electron chi connectivity index (χ4n) is 3.57. The average molecular weight is 375 g/mol. The molecule has 1 amide bonds. The Morgan fingerprint density at radius 2 is 1.89 bits per heavy atom. The second-order valence-corrected chi connectivity index (χ2v) is 6.76. The molecule has 0 aliphatic heterocycles. The summed E-state index contributed by atoms with van der Waals surface area (Å²) in [5, 5.41) is 12.9. The molecule has 2 heterocycles. The molecule has 4 aromatic rings. The van der Waals surface area contributed by atoms with Gasteiger partial charge in [0.2, 0.25) is 5.91 Å². The minimum atomic E-state index is -1.07. The van der Waals surface area contributed by atoms with Crippen molar-refractivity contribution in [2.24, 2.45) is 5.73 Å². The van der Waals surface area contributed by atoms with Crippen molar-refractivity contribution in [2.75, 3.05) is 0 Å². The van der Waals surface area contributed by atoms with Crippen LogP contribution in [0.25, 0.3) is 27.5 Å². The predicted octanol–water partition coefficient (Wildman–Crippen LogP) is 1.54. The topological polar surface area (TPSA) is 106 Å². The summed E-state index contributed by atoms with van der Waals surface area (Å²) in [5.74, 6) is -1.43. The van der Waals surface area contributed by atoms with Crippen LogP contribution in [0.15, 0.2) is 55.1 Å². The molecule has 0 bridgehead atoms.